The Morgan fingerprint density at radius 3 is 2.65 bits per heavy atom. The Morgan fingerprint density at radius 2 is 2.09 bits per heavy atom. The van der Waals surface area contributed by atoms with Gasteiger partial charge in [-0.25, -0.2) is 4.79 Å². The number of carboxylic acids is 1. The molecule has 0 bridgehead atoms. The zero-order valence-electron chi connectivity index (χ0n) is 13.8. The SMILES string of the molecule is Cc1c(C(=O)O)cnn1Cc1cc(Br)ccc1OCC(C)(C)C. The van der Waals surface area contributed by atoms with Crippen LogP contribution in [0.4, 0.5) is 0 Å². The van der Waals surface area contributed by atoms with Crippen LogP contribution in [0.1, 0.15) is 42.4 Å². The van der Waals surface area contributed by atoms with Crippen LogP contribution in [0.25, 0.3) is 0 Å². The minimum absolute atomic E-state index is 0.0580. The molecule has 6 heteroatoms. The molecule has 0 spiro atoms. The third kappa shape index (κ3) is 4.58. The molecule has 0 amide bonds. The Balaban J connectivity index is 2.28. The summed E-state index contributed by atoms with van der Waals surface area (Å²) in [6, 6.07) is 5.82. The predicted molar refractivity (Wildman–Crippen MR) is 92.1 cm³/mol. The van der Waals surface area contributed by atoms with Crippen molar-refractivity contribution in [1.29, 1.82) is 0 Å². The summed E-state index contributed by atoms with van der Waals surface area (Å²) in [7, 11) is 0. The van der Waals surface area contributed by atoms with Gasteiger partial charge in [0.1, 0.15) is 11.3 Å². The zero-order valence-corrected chi connectivity index (χ0v) is 15.3. The van der Waals surface area contributed by atoms with Crippen molar-refractivity contribution in [1.82, 2.24) is 9.78 Å². The third-order valence-corrected chi connectivity index (χ3v) is 3.83. The molecule has 2 rings (SSSR count). The van der Waals surface area contributed by atoms with Gasteiger partial charge in [-0.15, -0.1) is 0 Å². The van der Waals surface area contributed by atoms with Gasteiger partial charge in [0.05, 0.1) is 25.0 Å². The summed E-state index contributed by atoms with van der Waals surface area (Å²) in [6.07, 6.45) is 1.38. The van der Waals surface area contributed by atoms with Crippen LogP contribution in [0, 0.1) is 12.3 Å². The number of halogens is 1. The molecule has 0 saturated heterocycles. The standard InChI is InChI=1S/C17H21BrN2O3/c1-11-14(16(21)22)8-19-20(11)9-12-7-13(18)5-6-15(12)23-10-17(2,3)4/h5-8H,9-10H2,1-4H3,(H,21,22). The number of ether oxygens (including phenoxy) is 1. The van der Waals surface area contributed by atoms with Crippen molar-refractivity contribution in [3.05, 3.63) is 45.7 Å². The van der Waals surface area contributed by atoms with Crippen LogP contribution in [0.5, 0.6) is 5.75 Å². The van der Waals surface area contributed by atoms with E-state index in [1.165, 1.54) is 6.20 Å². The summed E-state index contributed by atoms with van der Waals surface area (Å²) in [4.78, 5) is 11.1. The van der Waals surface area contributed by atoms with E-state index in [4.69, 9.17) is 9.84 Å². The topological polar surface area (TPSA) is 64.3 Å². The third-order valence-electron chi connectivity index (χ3n) is 3.34. The lowest BCUT2D eigenvalue weighted by Crippen LogP contribution is -2.18. The number of carbonyl (C=O) groups is 1. The van der Waals surface area contributed by atoms with Crippen LogP contribution < -0.4 is 4.74 Å². The molecule has 23 heavy (non-hydrogen) atoms. The summed E-state index contributed by atoms with van der Waals surface area (Å²) in [5.41, 5.74) is 1.85. The minimum Gasteiger partial charge on any atom is -0.493 e. The maximum atomic E-state index is 11.1. The van der Waals surface area contributed by atoms with Gasteiger partial charge in [0.25, 0.3) is 0 Å². The van der Waals surface area contributed by atoms with E-state index >= 15 is 0 Å². The van der Waals surface area contributed by atoms with E-state index in [9.17, 15) is 4.79 Å². The Hall–Kier alpha value is -1.82. The number of nitrogens with zero attached hydrogens (tertiary/aromatic N) is 2. The monoisotopic (exact) mass is 380 g/mol. The van der Waals surface area contributed by atoms with Gasteiger partial charge in [0, 0.05) is 10.0 Å². The Labute approximate surface area is 144 Å². The molecule has 0 aliphatic carbocycles. The van der Waals surface area contributed by atoms with Crippen molar-refractivity contribution in [2.75, 3.05) is 6.61 Å². The summed E-state index contributed by atoms with van der Waals surface area (Å²) in [6.45, 7) is 9.15. The van der Waals surface area contributed by atoms with Crippen molar-refractivity contribution in [2.24, 2.45) is 5.41 Å². The second-order valence-electron chi connectivity index (χ2n) is 6.71. The van der Waals surface area contributed by atoms with Crippen molar-refractivity contribution < 1.29 is 14.6 Å². The Morgan fingerprint density at radius 1 is 1.39 bits per heavy atom. The van der Waals surface area contributed by atoms with E-state index in [0.717, 1.165) is 15.8 Å². The summed E-state index contributed by atoms with van der Waals surface area (Å²) in [5, 5.41) is 13.3. The highest BCUT2D eigenvalue weighted by molar-refractivity contribution is 9.10. The van der Waals surface area contributed by atoms with Crippen LogP contribution in [-0.4, -0.2) is 27.5 Å². The molecular formula is C17H21BrN2O3. The summed E-state index contributed by atoms with van der Waals surface area (Å²) >= 11 is 3.47. The second kappa shape index (κ2) is 6.74. The summed E-state index contributed by atoms with van der Waals surface area (Å²) in [5.74, 6) is -0.179. The molecule has 0 unspecified atom stereocenters. The van der Waals surface area contributed by atoms with Gasteiger partial charge in [0.15, 0.2) is 0 Å². The zero-order chi connectivity index (χ0) is 17.2. The fraction of sp³-hybridized carbons (Fsp3) is 0.412. The van der Waals surface area contributed by atoms with Crippen molar-refractivity contribution in [3.8, 4) is 5.75 Å². The number of benzene rings is 1. The maximum Gasteiger partial charge on any atom is 0.339 e. The Bertz CT molecular complexity index is 717. The number of carboxylic acid groups (broad SMARTS) is 1. The van der Waals surface area contributed by atoms with Crippen LogP contribution in [-0.2, 0) is 6.54 Å². The average Bonchev–Trinajstić information content (AvgIpc) is 2.78. The highest BCUT2D eigenvalue weighted by Crippen LogP contribution is 2.26. The van der Waals surface area contributed by atoms with E-state index in [2.05, 4.69) is 41.8 Å². The molecule has 0 saturated carbocycles. The molecule has 124 valence electrons. The highest BCUT2D eigenvalue weighted by atomic mass is 79.9. The molecule has 1 aromatic heterocycles. The van der Waals surface area contributed by atoms with Gasteiger partial charge in [-0.3, -0.25) is 4.68 Å². The normalized spacial score (nSPS) is 11.5. The fourth-order valence-electron chi connectivity index (χ4n) is 2.08. The van der Waals surface area contributed by atoms with E-state index in [-0.39, 0.29) is 11.0 Å². The first-order valence-corrected chi connectivity index (χ1v) is 8.13. The molecule has 0 radical (unpaired) electrons. The van der Waals surface area contributed by atoms with Crippen LogP contribution in [0.3, 0.4) is 0 Å². The van der Waals surface area contributed by atoms with Gasteiger partial charge in [-0.1, -0.05) is 36.7 Å². The van der Waals surface area contributed by atoms with E-state index in [1.54, 1.807) is 11.6 Å². The van der Waals surface area contributed by atoms with Crippen LogP contribution in [0.15, 0.2) is 28.9 Å². The lowest BCUT2D eigenvalue weighted by Gasteiger charge is -2.20. The first-order chi connectivity index (χ1) is 10.7. The van der Waals surface area contributed by atoms with E-state index < -0.39 is 5.97 Å². The van der Waals surface area contributed by atoms with Crippen LogP contribution >= 0.6 is 15.9 Å². The highest BCUT2D eigenvalue weighted by Gasteiger charge is 2.16. The lowest BCUT2D eigenvalue weighted by atomic mass is 9.98. The Kier molecular flexibility index (Phi) is 5.14. The van der Waals surface area contributed by atoms with Gasteiger partial charge in [0.2, 0.25) is 0 Å². The van der Waals surface area contributed by atoms with E-state index in [1.807, 2.05) is 18.2 Å². The fourth-order valence-corrected chi connectivity index (χ4v) is 2.49. The largest absolute Gasteiger partial charge is 0.493 e. The van der Waals surface area contributed by atoms with Crippen LogP contribution in [0.2, 0.25) is 0 Å². The number of hydrogen-bond acceptors (Lipinski definition) is 3. The molecule has 2 aromatic rings. The molecule has 0 aliphatic rings. The number of aromatic carboxylic acids is 1. The van der Waals surface area contributed by atoms with Gasteiger partial charge in [-0.2, -0.15) is 5.10 Å². The maximum absolute atomic E-state index is 11.1. The molecule has 1 aromatic carbocycles. The van der Waals surface area contributed by atoms with Gasteiger partial charge in [-0.05, 0) is 30.5 Å². The molecule has 1 N–H and O–H groups in total. The first kappa shape index (κ1) is 17.5. The van der Waals surface area contributed by atoms with Crippen molar-refractivity contribution in [2.45, 2.75) is 34.2 Å². The predicted octanol–water partition coefficient (Wildman–Crippen LogP) is 4.13. The average molecular weight is 381 g/mol. The molecule has 0 fully saturated rings. The molecule has 5 nitrogen and oxygen atoms in total. The second-order valence-corrected chi connectivity index (χ2v) is 7.62. The minimum atomic E-state index is -0.966. The van der Waals surface area contributed by atoms with E-state index in [0.29, 0.717) is 18.8 Å². The number of hydrogen-bond donors (Lipinski definition) is 1. The van der Waals surface area contributed by atoms with Gasteiger partial charge < -0.3 is 9.84 Å². The van der Waals surface area contributed by atoms with Gasteiger partial charge >= 0.3 is 5.97 Å². The molecule has 0 aliphatic heterocycles. The smallest absolute Gasteiger partial charge is 0.339 e. The van der Waals surface area contributed by atoms with Crippen molar-refractivity contribution >= 4 is 21.9 Å². The molecular weight excluding hydrogens is 360 g/mol. The number of rotatable bonds is 5. The number of aromatic nitrogens is 2. The molecule has 1 heterocycles. The summed E-state index contributed by atoms with van der Waals surface area (Å²) < 4.78 is 8.56. The lowest BCUT2D eigenvalue weighted by molar-refractivity contribution is 0.0696. The van der Waals surface area contributed by atoms with Crippen molar-refractivity contribution in [3.63, 3.8) is 0 Å². The first-order valence-electron chi connectivity index (χ1n) is 7.34. The molecule has 0 atom stereocenters. The quantitative estimate of drug-likeness (QED) is 0.846.